The van der Waals surface area contributed by atoms with Crippen LogP contribution >= 0.6 is 11.6 Å². The fourth-order valence-electron chi connectivity index (χ4n) is 4.76. The first-order valence-corrected chi connectivity index (χ1v) is 11.3. The van der Waals surface area contributed by atoms with Crippen LogP contribution < -0.4 is 5.73 Å². The van der Waals surface area contributed by atoms with Gasteiger partial charge in [-0.3, -0.25) is 4.79 Å². The van der Waals surface area contributed by atoms with Crippen LogP contribution in [0.25, 0.3) is 0 Å². The van der Waals surface area contributed by atoms with Gasteiger partial charge in [0, 0.05) is 36.8 Å². The van der Waals surface area contributed by atoms with Crippen LogP contribution in [0, 0.1) is 6.92 Å². The number of nitrogens with zero attached hydrogens (tertiary/aromatic N) is 1. The molecule has 5 heteroatoms. The third-order valence-corrected chi connectivity index (χ3v) is 6.90. The summed E-state index contributed by atoms with van der Waals surface area (Å²) in [4.78, 5) is 14.7. The van der Waals surface area contributed by atoms with Crippen molar-refractivity contribution >= 4 is 17.5 Å². The average Bonchev–Trinajstić information content (AvgIpc) is 2.77. The smallest absolute Gasteiger partial charge is 0.253 e. The van der Waals surface area contributed by atoms with E-state index >= 15 is 0 Å². The van der Waals surface area contributed by atoms with Crippen LogP contribution in [0.5, 0.6) is 0 Å². The van der Waals surface area contributed by atoms with E-state index in [4.69, 9.17) is 22.4 Å². The number of aliphatic hydroxyl groups excluding tert-OH is 1. The van der Waals surface area contributed by atoms with E-state index in [0.29, 0.717) is 23.0 Å². The van der Waals surface area contributed by atoms with Gasteiger partial charge in [0.2, 0.25) is 0 Å². The van der Waals surface area contributed by atoms with Crippen molar-refractivity contribution in [1.82, 2.24) is 4.90 Å². The highest BCUT2D eigenvalue weighted by Crippen LogP contribution is 2.37. The van der Waals surface area contributed by atoms with Gasteiger partial charge in [-0.1, -0.05) is 23.7 Å². The molecule has 1 saturated carbocycles. The molecule has 0 unspecified atom stereocenters. The van der Waals surface area contributed by atoms with Crippen LogP contribution in [0.4, 0.5) is 0 Å². The zero-order valence-corrected chi connectivity index (χ0v) is 18.8. The number of aryl methyl sites for hydroxylation is 1. The monoisotopic (exact) mass is 428 g/mol. The highest BCUT2D eigenvalue weighted by Gasteiger charge is 2.29. The first kappa shape index (κ1) is 22.8. The van der Waals surface area contributed by atoms with Crippen LogP contribution in [0.15, 0.2) is 36.4 Å². The number of hydrogen-bond acceptors (Lipinski definition) is 3. The maximum atomic E-state index is 12.8. The van der Waals surface area contributed by atoms with Crippen molar-refractivity contribution in [3.05, 3.63) is 69.2 Å². The lowest BCUT2D eigenvalue weighted by Gasteiger charge is -2.36. The Balaban J connectivity index is 1.67. The number of carbonyl (C=O) groups excluding carboxylic acids is 1. The number of carbonyl (C=O) groups is 1. The van der Waals surface area contributed by atoms with Crippen molar-refractivity contribution in [3.63, 3.8) is 0 Å². The van der Waals surface area contributed by atoms with E-state index in [9.17, 15) is 4.79 Å². The van der Waals surface area contributed by atoms with Gasteiger partial charge in [-0.2, -0.15) is 0 Å². The summed E-state index contributed by atoms with van der Waals surface area (Å²) in [5.41, 5.74) is 12.0. The molecule has 1 aliphatic carbocycles. The second-order valence-corrected chi connectivity index (χ2v) is 8.81. The topological polar surface area (TPSA) is 66.6 Å². The van der Waals surface area contributed by atoms with Crippen LogP contribution in [0.1, 0.15) is 70.6 Å². The molecule has 2 aromatic rings. The predicted octanol–water partition coefficient (Wildman–Crippen LogP) is 4.83. The summed E-state index contributed by atoms with van der Waals surface area (Å²) in [6, 6.07) is 11.8. The van der Waals surface area contributed by atoms with Crippen molar-refractivity contribution < 1.29 is 9.90 Å². The molecule has 1 amide bonds. The highest BCUT2D eigenvalue weighted by molar-refractivity contribution is 6.30. The van der Waals surface area contributed by atoms with E-state index in [1.807, 2.05) is 11.9 Å². The fraction of sp³-hybridized carbons (Fsp3) is 0.480. The second kappa shape index (κ2) is 10.4. The molecule has 0 aliphatic heterocycles. The highest BCUT2D eigenvalue weighted by atomic mass is 35.5. The minimum absolute atomic E-state index is 0.0573. The molecule has 0 heterocycles. The van der Waals surface area contributed by atoms with Crippen LogP contribution in [-0.4, -0.2) is 35.6 Å². The minimum Gasteiger partial charge on any atom is -0.396 e. The Bertz CT molecular complexity index is 858. The Hall–Kier alpha value is -1.88. The summed E-state index contributed by atoms with van der Waals surface area (Å²) < 4.78 is 0. The van der Waals surface area contributed by atoms with Gasteiger partial charge < -0.3 is 15.7 Å². The molecule has 1 fully saturated rings. The van der Waals surface area contributed by atoms with Crippen molar-refractivity contribution in [1.29, 1.82) is 0 Å². The van der Waals surface area contributed by atoms with Gasteiger partial charge in [0.1, 0.15) is 0 Å². The molecule has 1 aliphatic rings. The molecule has 0 saturated heterocycles. The molecule has 2 aromatic carbocycles. The summed E-state index contributed by atoms with van der Waals surface area (Å²) in [6.45, 7) is 2.91. The molecular formula is C25H33ClN2O2. The average molecular weight is 429 g/mol. The lowest BCUT2D eigenvalue weighted by Crippen LogP contribution is -2.39. The maximum Gasteiger partial charge on any atom is 0.253 e. The molecule has 0 radical (unpaired) electrons. The summed E-state index contributed by atoms with van der Waals surface area (Å²) >= 11 is 5.94. The number of amides is 1. The normalized spacial score (nSPS) is 19.0. The summed E-state index contributed by atoms with van der Waals surface area (Å²) in [6.07, 6.45) is 5.78. The van der Waals surface area contributed by atoms with E-state index in [-0.39, 0.29) is 18.6 Å². The van der Waals surface area contributed by atoms with Gasteiger partial charge in [0.05, 0.1) is 0 Å². The molecule has 0 bridgehead atoms. The molecule has 162 valence electrons. The van der Waals surface area contributed by atoms with Crippen LogP contribution in [0.2, 0.25) is 5.02 Å². The molecule has 30 heavy (non-hydrogen) atoms. The molecule has 3 rings (SSSR count). The number of aliphatic hydroxyl groups is 1. The van der Waals surface area contributed by atoms with Gasteiger partial charge in [0.25, 0.3) is 5.91 Å². The van der Waals surface area contributed by atoms with Crippen molar-refractivity contribution in [3.8, 4) is 0 Å². The fourth-order valence-corrected chi connectivity index (χ4v) is 4.88. The van der Waals surface area contributed by atoms with Crippen LogP contribution in [-0.2, 0) is 13.0 Å². The van der Waals surface area contributed by atoms with Crippen molar-refractivity contribution in [2.24, 2.45) is 5.73 Å². The van der Waals surface area contributed by atoms with Gasteiger partial charge in [-0.15, -0.1) is 0 Å². The van der Waals surface area contributed by atoms with E-state index in [1.54, 1.807) is 24.3 Å². The number of hydrogen-bond donors (Lipinski definition) is 2. The Morgan fingerprint density at radius 1 is 1.13 bits per heavy atom. The number of benzene rings is 2. The van der Waals surface area contributed by atoms with E-state index in [0.717, 1.165) is 38.5 Å². The SMILES string of the molecule is Cc1c(CCCO)ccc(C2CCC(N(C)C(=O)c3ccc(Cl)cc3)CC2)c1CN. The largest absolute Gasteiger partial charge is 0.396 e. The molecule has 0 atom stereocenters. The molecule has 4 nitrogen and oxygen atoms in total. The Morgan fingerprint density at radius 3 is 2.40 bits per heavy atom. The Labute approximate surface area is 185 Å². The number of rotatable bonds is 7. The molecule has 0 aromatic heterocycles. The molecule has 3 N–H and O–H groups in total. The number of halogens is 1. The first-order valence-electron chi connectivity index (χ1n) is 10.9. The van der Waals surface area contributed by atoms with Gasteiger partial charge in [-0.25, -0.2) is 0 Å². The second-order valence-electron chi connectivity index (χ2n) is 8.38. The van der Waals surface area contributed by atoms with Gasteiger partial charge in [0.15, 0.2) is 0 Å². The molecular weight excluding hydrogens is 396 g/mol. The summed E-state index contributed by atoms with van der Waals surface area (Å²) in [7, 11) is 1.91. The zero-order valence-electron chi connectivity index (χ0n) is 18.0. The molecule has 0 spiro atoms. The third-order valence-electron chi connectivity index (χ3n) is 6.65. The van der Waals surface area contributed by atoms with Gasteiger partial charge in [-0.05, 0) is 97.9 Å². The standard InChI is InChI=1S/C25H33ClN2O2/c1-17-18(4-3-15-29)9-14-23(24(17)16-27)19-7-12-22(13-8-19)28(2)25(30)20-5-10-21(26)11-6-20/h5-6,9-11,14,19,22,29H,3-4,7-8,12-13,15-16,27H2,1-2H3. The van der Waals surface area contributed by atoms with Crippen molar-refractivity contribution in [2.75, 3.05) is 13.7 Å². The van der Waals surface area contributed by atoms with Crippen molar-refractivity contribution in [2.45, 2.75) is 64.0 Å². The Morgan fingerprint density at radius 2 is 1.80 bits per heavy atom. The third kappa shape index (κ3) is 5.05. The zero-order chi connectivity index (χ0) is 21.7. The number of nitrogens with two attached hydrogens (primary N) is 1. The lowest BCUT2D eigenvalue weighted by atomic mass is 9.78. The van der Waals surface area contributed by atoms with Gasteiger partial charge >= 0.3 is 0 Å². The lowest BCUT2D eigenvalue weighted by molar-refractivity contribution is 0.0689. The van der Waals surface area contributed by atoms with E-state index in [1.165, 1.54) is 22.3 Å². The van der Waals surface area contributed by atoms with E-state index in [2.05, 4.69) is 19.1 Å². The first-order chi connectivity index (χ1) is 14.5. The maximum absolute atomic E-state index is 12.8. The van der Waals surface area contributed by atoms with E-state index < -0.39 is 0 Å². The van der Waals surface area contributed by atoms with Crippen LogP contribution in [0.3, 0.4) is 0 Å². The summed E-state index contributed by atoms with van der Waals surface area (Å²) in [5.74, 6) is 0.547. The minimum atomic E-state index is 0.0573. The quantitative estimate of drug-likeness (QED) is 0.663. The predicted molar refractivity (Wildman–Crippen MR) is 123 cm³/mol. The Kier molecular flexibility index (Phi) is 7.93. The summed E-state index contributed by atoms with van der Waals surface area (Å²) in [5, 5.41) is 9.78.